The first-order valence-electron chi connectivity index (χ1n) is 12.3. The third-order valence-electron chi connectivity index (χ3n) is 7.35. The van der Waals surface area contributed by atoms with Gasteiger partial charge in [0, 0.05) is 11.1 Å². The monoisotopic (exact) mass is 417 g/mol. The minimum absolute atomic E-state index is 0.490. The number of benzene rings is 1. The van der Waals surface area contributed by atoms with Crippen molar-refractivity contribution in [3.63, 3.8) is 0 Å². The zero-order chi connectivity index (χ0) is 19.9. The summed E-state index contributed by atoms with van der Waals surface area (Å²) in [6.07, 6.45) is 13.6. The topological polar surface area (TPSA) is 18.5 Å². The van der Waals surface area contributed by atoms with E-state index in [0.717, 1.165) is 11.6 Å². The molecule has 0 bridgehead atoms. The van der Waals surface area contributed by atoms with Crippen LogP contribution in [0.25, 0.3) is 0 Å². The molecule has 0 aromatic heterocycles. The molecule has 2 saturated heterocycles. The molecule has 2 aliphatic heterocycles. The van der Waals surface area contributed by atoms with E-state index in [2.05, 4.69) is 33.3 Å². The van der Waals surface area contributed by atoms with Crippen molar-refractivity contribution >= 4 is 11.6 Å². The summed E-state index contributed by atoms with van der Waals surface area (Å²) >= 11 is 6.36. The van der Waals surface area contributed by atoms with Crippen molar-refractivity contribution in [2.75, 3.05) is 45.8 Å². The van der Waals surface area contributed by atoms with Gasteiger partial charge in [0.25, 0.3) is 0 Å². The molecule has 0 radical (unpaired) electrons. The Morgan fingerprint density at radius 1 is 0.828 bits per heavy atom. The Kier molecular flexibility index (Phi) is 8.30. The lowest BCUT2D eigenvalue weighted by atomic mass is 9.96. The zero-order valence-electron chi connectivity index (χ0n) is 18.2. The first-order chi connectivity index (χ1) is 14.3. The standard InChI is InChI=1S/C25H40ClN3/c26-22-10-11-23-21(9-7-17-28-15-5-6-16-28)19-25(24(23)20-22)27-12-8-18-29-13-3-1-2-4-14-29/h10-11,20-21,25,27H,1-9,12-19H2. The lowest BCUT2D eigenvalue weighted by Crippen LogP contribution is -2.29. The first kappa shape index (κ1) is 21.6. The summed E-state index contributed by atoms with van der Waals surface area (Å²) in [4.78, 5) is 5.32. The van der Waals surface area contributed by atoms with Gasteiger partial charge in [-0.15, -0.1) is 0 Å². The van der Waals surface area contributed by atoms with E-state index < -0.39 is 0 Å². The van der Waals surface area contributed by atoms with Crippen LogP contribution < -0.4 is 5.32 Å². The fourth-order valence-electron chi connectivity index (χ4n) is 5.73. The molecule has 1 N–H and O–H groups in total. The van der Waals surface area contributed by atoms with E-state index in [1.54, 1.807) is 5.56 Å². The third kappa shape index (κ3) is 6.19. The van der Waals surface area contributed by atoms with Gasteiger partial charge < -0.3 is 15.1 Å². The molecule has 3 nitrogen and oxygen atoms in total. The van der Waals surface area contributed by atoms with Crippen LogP contribution in [-0.4, -0.2) is 55.6 Å². The minimum Gasteiger partial charge on any atom is -0.310 e. The molecule has 2 heterocycles. The number of hydrogen-bond donors (Lipinski definition) is 1. The maximum absolute atomic E-state index is 6.36. The fraction of sp³-hybridized carbons (Fsp3) is 0.760. The predicted molar refractivity (Wildman–Crippen MR) is 124 cm³/mol. The van der Waals surface area contributed by atoms with E-state index in [0.29, 0.717) is 12.0 Å². The van der Waals surface area contributed by atoms with Crippen LogP contribution in [0.5, 0.6) is 0 Å². The highest BCUT2D eigenvalue weighted by Gasteiger charge is 2.30. The average molecular weight is 418 g/mol. The van der Waals surface area contributed by atoms with Crippen LogP contribution in [0.4, 0.5) is 0 Å². The van der Waals surface area contributed by atoms with Gasteiger partial charge in [-0.2, -0.15) is 0 Å². The van der Waals surface area contributed by atoms with E-state index in [1.807, 2.05) is 0 Å². The van der Waals surface area contributed by atoms with E-state index in [-0.39, 0.29) is 0 Å². The normalized spacial score (nSPS) is 26.0. The Hall–Kier alpha value is -0.610. The summed E-state index contributed by atoms with van der Waals surface area (Å²) in [6.45, 7) is 8.90. The number of hydrogen-bond acceptors (Lipinski definition) is 3. The van der Waals surface area contributed by atoms with E-state index in [4.69, 9.17) is 11.6 Å². The molecule has 0 amide bonds. The molecule has 2 fully saturated rings. The van der Waals surface area contributed by atoms with Crippen molar-refractivity contribution in [2.24, 2.45) is 0 Å². The maximum Gasteiger partial charge on any atom is 0.0409 e. The lowest BCUT2D eigenvalue weighted by Gasteiger charge is -2.21. The second-order valence-electron chi connectivity index (χ2n) is 9.51. The van der Waals surface area contributed by atoms with Crippen LogP contribution in [-0.2, 0) is 0 Å². The van der Waals surface area contributed by atoms with Crippen molar-refractivity contribution in [3.8, 4) is 0 Å². The molecule has 1 aliphatic carbocycles. The molecule has 1 aromatic carbocycles. The highest BCUT2D eigenvalue weighted by Crippen LogP contribution is 2.43. The molecule has 0 saturated carbocycles. The van der Waals surface area contributed by atoms with Crippen molar-refractivity contribution in [1.29, 1.82) is 0 Å². The van der Waals surface area contributed by atoms with Crippen molar-refractivity contribution in [2.45, 2.75) is 76.2 Å². The largest absolute Gasteiger partial charge is 0.310 e. The SMILES string of the molecule is Clc1ccc2c(c1)C(NCCCN1CCCCCC1)CC2CCCN1CCCC1. The summed E-state index contributed by atoms with van der Waals surface area (Å²) in [6, 6.07) is 7.11. The van der Waals surface area contributed by atoms with Gasteiger partial charge >= 0.3 is 0 Å². The molecule has 4 heteroatoms. The van der Waals surface area contributed by atoms with Gasteiger partial charge in [0.1, 0.15) is 0 Å². The Morgan fingerprint density at radius 3 is 2.21 bits per heavy atom. The Bertz CT molecular complexity index is 620. The van der Waals surface area contributed by atoms with Crippen LogP contribution in [0.3, 0.4) is 0 Å². The lowest BCUT2D eigenvalue weighted by molar-refractivity contribution is 0.277. The summed E-state index contributed by atoms with van der Waals surface area (Å²) in [5.41, 5.74) is 3.03. The molecule has 162 valence electrons. The quantitative estimate of drug-likeness (QED) is 0.527. The van der Waals surface area contributed by atoms with Gasteiger partial charge in [-0.05, 0) is 126 Å². The minimum atomic E-state index is 0.490. The predicted octanol–water partition coefficient (Wildman–Crippen LogP) is 5.60. The Morgan fingerprint density at radius 2 is 1.48 bits per heavy atom. The van der Waals surface area contributed by atoms with Crippen LogP contribution in [0.2, 0.25) is 5.02 Å². The molecule has 29 heavy (non-hydrogen) atoms. The molecule has 3 aliphatic rings. The number of rotatable bonds is 9. The van der Waals surface area contributed by atoms with Crippen LogP contribution in [0.1, 0.15) is 87.3 Å². The number of nitrogens with zero attached hydrogens (tertiary/aromatic N) is 2. The second kappa shape index (κ2) is 11.1. The van der Waals surface area contributed by atoms with Crippen molar-refractivity contribution in [1.82, 2.24) is 15.1 Å². The summed E-state index contributed by atoms with van der Waals surface area (Å²) in [5, 5.41) is 4.77. The smallest absolute Gasteiger partial charge is 0.0409 e. The highest BCUT2D eigenvalue weighted by atomic mass is 35.5. The van der Waals surface area contributed by atoms with Gasteiger partial charge in [-0.3, -0.25) is 0 Å². The third-order valence-corrected chi connectivity index (χ3v) is 7.59. The van der Waals surface area contributed by atoms with Crippen LogP contribution in [0, 0.1) is 0 Å². The molecule has 4 rings (SSSR count). The maximum atomic E-state index is 6.36. The number of nitrogens with one attached hydrogen (secondary N) is 1. The number of fused-ring (bicyclic) bond motifs is 1. The second-order valence-corrected chi connectivity index (χ2v) is 9.95. The van der Waals surface area contributed by atoms with Crippen molar-refractivity contribution < 1.29 is 0 Å². The summed E-state index contributed by atoms with van der Waals surface area (Å²) in [5.74, 6) is 0.702. The molecule has 2 atom stereocenters. The molecular weight excluding hydrogens is 378 g/mol. The molecule has 1 aromatic rings. The van der Waals surface area contributed by atoms with E-state index in [9.17, 15) is 0 Å². The molecular formula is C25H40ClN3. The van der Waals surface area contributed by atoms with Gasteiger partial charge in [-0.1, -0.05) is 30.5 Å². The van der Waals surface area contributed by atoms with Gasteiger partial charge in [-0.25, -0.2) is 0 Å². The number of halogens is 1. The highest BCUT2D eigenvalue weighted by molar-refractivity contribution is 6.30. The van der Waals surface area contributed by atoms with Gasteiger partial charge in [0.2, 0.25) is 0 Å². The van der Waals surface area contributed by atoms with Gasteiger partial charge in [0.15, 0.2) is 0 Å². The summed E-state index contributed by atoms with van der Waals surface area (Å²) < 4.78 is 0. The Labute approximate surface area is 183 Å². The van der Waals surface area contributed by atoms with E-state index >= 15 is 0 Å². The van der Waals surface area contributed by atoms with Crippen LogP contribution in [0.15, 0.2) is 18.2 Å². The molecule has 2 unspecified atom stereocenters. The Balaban J connectivity index is 1.25. The van der Waals surface area contributed by atoms with Crippen LogP contribution >= 0.6 is 11.6 Å². The van der Waals surface area contributed by atoms with E-state index in [1.165, 1.54) is 109 Å². The van der Waals surface area contributed by atoms with Crippen molar-refractivity contribution in [3.05, 3.63) is 34.3 Å². The van der Waals surface area contributed by atoms with Gasteiger partial charge in [0.05, 0.1) is 0 Å². The average Bonchev–Trinajstić information content (AvgIpc) is 3.26. The first-order valence-corrected chi connectivity index (χ1v) is 12.6. The molecule has 0 spiro atoms. The summed E-state index contributed by atoms with van der Waals surface area (Å²) in [7, 11) is 0. The fourth-order valence-corrected chi connectivity index (χ4v) is 5.91. The zero-order valence-corrected chi connectivity index (χ0v) is 18.9. The number of likely N-dealkylation sites (tertiary alicyclic amines) is 2.